The maximum Gasteiger partial charge on any atom is 0.321 e. The lowest BCUT2D eigenvalue weighted by Crippen LogP contribution is -2.41. The van der Waals surface area contributed by atoms with Crippen LogP contribution in [0, 0.1) is 0 Å². The number of nitrogens with one attached hydrogen (secondary N) is 1. The third kappa shape index (κ3) is 3.12. The molecular formula is C19H21BrN2O2S. The lowest BCUT2D eigenvalue weighted by Gasteiger charge is -2.36. The number of carboxylic acids is 1. The number of benzene rings is 2. The van der Waals surface area contributed by atoms with Gasteiger partial charge in [0.25, 0.3) is 0 Å². The van der Waals surface area contributed by atoms with E-state index in [1.165, 1.54) is 5.56 Å². The number of aliphatic carboxylic acids is 1. The maximum atomic E-state index is 11.8. The maximum absolute atomic E-state index is 11.8. The van der Waals surface area contributed by atoms with Crippen molar-refractivity contribution in [1.29, 1.82) is 0 Å². The van der Waals surface area contributed by atoms with Crippen LogP contribution in [-0.4, -0.2) is 38.9 Å². The summed E-state index contributed by atoms with van der Waals surface area (Å²) in [6.45, 7) is 0. The molecule has 0 saturated carbocycles. The molecule has 0 radical (unpaired) electrons. The summed E-state index contributed by atoms with van der Waals surface area (Å²) in [6, 6.07) is 18.2. The van der Waals surface area contributed by atoms with Crippen molar-refractivity contribution < 1.29 is 9.90 Å². The van der Waals surface area contributed by atoms with Crippen molar-refractivity contribution in [2.24, 2.45) is 0 Å². The molecule has 0 bridgehead atoms. The van der Waals surface area contributed by atoms with Crippen LogP contribution < -0.4 is 5.32 Å². The fraction of sp³-hybridized carbons (Fsp3) is 0.316. The molecule has 0 amide bonds. The molecule has 2 aliphatic rings. The molecule has 25 heavy (non-hydrogen) atoms. The first kappa shape index (κ1) is 17.1. The summed E-state index contributed by atoms with van der Waals surface area (Å²) in [7, 11) is -0.832. The average Bonchev–Trinajstić information content (AvgIpc) is 3.02. The van der Waals surface area contributed by atoms with Gasteiger partial charge < -0.3 is 5.11 Å². The first-order valence-electron chi connectivity index (χ1n) is 8.31. The van der Waals surface area contributed by atoms with Gasteiger partial charge in [0, 0.05) is 10.2 Å². The van der Waals surface area contributed by atoms with E-state index in [1.54, 1.807) is 0 Å². The molecule has 0 spiro atoms. The molecule has 4 rings (SSSR count). The standard InChI is InChI=1S/C19H21BrN2O2S/c1-25-12-17(14-7-3-2-4-8-14)22(25)19(25)21-16(18(23)24)11-13-6-5-9-15(20)10-13/h2-10,16-17,19,21H,11-12H2,1H3,(H,23,24). The van der Waals surface area contributed by atoms with Gasteiger partial charge in [-0.15, -0.1) is 0 Å². The smallest absolute Gasteiger partial charge is 0.321 e. The molecule has 4 nitrogen and oxygen atoms in total. The first-order valence-corrected chi connectivity index (χ1v) is 11.3. The third-order valence-corrected chi connectivity index (χ3v) is 9.13. The lowest BCUT2D eigenvalue weighted by molar-refractivity contribution is -0.139. The van der Waals surface area contributed by atoms with E-state index >= 15 is 0 Å². The minimum Gasteiger partial charge on any atom is -0.480 e. The summed E-state index contributed by atoms with van der Waals surface area (Å²) in [5.74, 6) is 0.365. The number of hydrogen-bond donors (Lipinski definition) is 2. The predicted octanol–water partition coefficient (Wildman–Crippen LogP) is 3.74. The van der Waals surface area contributed by atoms with Crippen LogP contribution in [0.25, 0.3) is 0 Å². The predicted molar refractivity (Wildman–Crippen MR) is 106 cm³/mol. The van der Waals surface area contributed by atoms with Crippen LogP contribution >= 0.6 is 26.1 Å². The van der Waals surface area contributed by atoms with Gasteiger partial charge in [-0.2, -0.15) is 10.2 Å². The van der Waals surface area contributed by atoms with Crippen molar-refractivity contribution >= 4 is 32.1 Å². The van der Waals surface area contributed by atoms with Crippen molar-refractivity contribution in [2.45, 2.75) is 24.0 Å². The largest absolute Gasteiger partial charge is 0.480 e. The number of carboxylic acid groups (broad SMARTS) is 1. The van der Waals surface area contributed by atoms with Crippen LogP contribution in [0.3, 0.4) is 0 Å². The summed E-state index contributed by atoms with van der Waals surface area (Å²) in [5, 5.41) is 13.1. The zero-order chi connectivity index (χ0) is 17.6. The second-order valence-corrected chi connectivity index (χ2v) is 11.1. The quantitative estimate of drug-likeness (QED) is 0.698. The zero-order valence-electron chi connectivity index (χ0n) is 13.9. The monoisotopic (exact) mass is 420 g/mol. The highest BCUT2D eigenvalue weighted by atomic mass is 79.9. The Morgan fingerprint density at radius 1 is 1.32 bits per heavy atom. The Hall–Kier alpha value is -1.34. The molecule has 2 saturated heterocycles. The Morgan fingerprint density at radius 2 is 2.08 bits per heavy atom. The second kappa shape index (κ2) is 6.43. The van der Waals surface area contributed by atoms with Crippen LogP contribution in [0.5, 0.6) is 0 Å². The van der Waals surface area contributed by atoms with Crippen LogP contribution in [0.2, 0.25) is 0 Å². The molecule has 2 fully saturated rings. The second-order valence-electron chi connectivity index (χ2n) is 6.81. The topological polar surface area (TPSA) is 52.3 Å². The SMILES string of the molecule is CS12CC(c3ccccc3)N1C2NC(Cc1cccc(Br)c1)C(=O)O. The molecule has 5 unspecified atom stereocenters. The molecule has 2 aromatic carbocycles. The number of hydrogen-bond acceptors (Lipinski definition) is 3. The van der Waals surface area contributed by atoms with E-state index in [2.05, 4.69) is 56.1 Å². The molecule has 132 valence electrons. The van der Waals surface area contributed by atoms with Gasteiger partial charge in [0.1, 0.15) is 11.5 Å². The van der Waals surface area contributed by atoms with E-state index < -0.39 is 22.2 Å². The average molecular weight is 421 g/mol. The van der Waals surface area contributed by atoms with Crippen LogP contribution in [0.4, 0.5) is 0 Å². The first-order chi connectivity index (χ1) is 12.0. The zero-order valence-corrected chi connectivity index (χ0v) is 16.3. The van der Waals surface area contributed by atoms with E-state index in [9.17, 15) is 9.90 Å². The van der Waals surface area contributed by atoms with Gasteiger partial charge in [0.15, 0.2) is 0 Å². The van der Waals surface area contributed by atoms with Crippen LogP contribution in [-0.2, 0) is 11.2 Å². The molecule has 2 heterocycles. The molecule has 0 aliphatic carbocycles. The van der Waals surface area contributed by atoms with Crippen molar-refractivity contribution in [2.75, 3.05) is 12.0 Å². The lowest BCUT2D eigenvalue weighted by atomic mass is 10.1. The summed E-state index contributed by atoms with van der Waals surface area (Å²) in [4.78, 5) is 11.8. The summed E-state index contributed by atoms with van der Waals surface area (Å²) >= 11 is 3.45. The minimum atomic E-state index is -0.832. The van der Waals surface area contributed by atoms with Crippen molar-refractivity contribution in [3.63, 3.8) is 0 Å². The van der Waals surface area contributed by atoms with E-state index in [0.29, 0.717) is 12.5 Å². The molecule has 5 atom stereocenters. The molecule has 2 aliphatic heterocycles. The van der Waals surface area contributed by atoms with Gasteiger partial charge in [-0.1, -0.05) is 58.4 Å². The highest BCUT2D eigenvalue weighted by Gasteiger charge is 2.67. The van der Waals surface area contributed by atoms with Crippen LogP contribution in [0.1, 0.15) is 17.2 Å². The summed E-state index contributed by atoms with van der Waals surface area (Å²) in [5.41, 5.74) is 2.57. The van der Waals surface area contributed by atoms with Crippen molar-refractivity contribution in [3.8, 4) is 0 Å². The fourth-order valence-corrected chi connectivity index (χ4v) is 7.85. The number of carbonyl (C=O) groups is 1. The third-order valence-electron chi connectivity index (χ3n) is 5.11. The Balaban J connectivity index is 1.45. The highest BCUT2D eigenvalue weighted by molar-refractivity contribution is 9.10. The Morgan fingerprint density at radius 3 is 2.76 bits per heavy atom. The van der Waals surface area contributed by atoms with Crippen LogP contribution in [0.15, 0.2) is 59.1 Å². The van der Waals surface area contributed by atoms with Crippen molar-refractivity contribution in [3.05, 3.63) is 70.2 Å². The molecular weight excluding hydrogens is 400 g/mol. The normalized spacial score (nSPS) is 33.4. The van der Waals surface area contributed by atoms with E-state index in [-0.39, 0.29) is 5.50 Å². The number of rotatable bonds is 6. The van der Waals surface area contributed by atoms with Crippen molar-refractivity contribution in [1.82, 2.24) is 9.62 Å². The highest BCUT2D eigenvalue weighted by Crippen LogP contribution is 2.82. The number of nitrogens with zero attached hydrogens (tertiary/aromatic N) is 1. The molecule has 2 N–H and O–H groups in total. The van der Waals surface area contributed by atoms with E-state index in [0.717, 1.165) is 15.8 Å². The van der Waals surface area contributed by atoms with Gasteiger partial charge in [-0.3, -0.25) is 10.1 Å². The van der Waals surface area contributed by atoms with Gasteiger partial charge >= 0.3 is 5.97 Å². The van der Waals surface area contributed by atoms with E-state index in [1.807, 2.05) is 30.3 Å². The van der Waals surface area contributed by atoms with Gasteiger partial charge in [-0.25, -0.2) is 4.31 Å². The van der Waals surface area contributed by atoms with E-state index in [4.69, 9.17) is 0 Å². The number of fused-ring (bicyclic) bond motifs is 1. The molecule has 2 aromatic rings. The Kier molecular flexibility index (Phi) is 4.40. The van der Waals surface area contributed by atoms with Gasteiger partial charge in [0.05, 0.1) is 6.04 Å². The molecule has 0 aromatic heterocycles. The Bertz CT molecular complexity index is 803. The fourth-order valence-electron chi connectivity index (χ4n) is 3.72. The Labute approximate surface area is 157 Å². The van der Waals surface area contributed by atoms with Gasteiger partial charge in [-0.05, 0) is 35.9 Å². The van der Waals surface area contributed by atoms with Gasteiger partial charge in [0.2, 0.25) is 0 Å². The molecule has 6 heteroatoms. The number of halogens is 1. The summed E-state index contributed by atoms with van der Waals surface area (Å²) in [6.07, 6.45) is 2.78. The minimum absolute atomic E-state index is 0.214. The summed E-state index contributed by atoms with van der Waals surface area (Å²) < 4.78 is 3.45.